The van der Waals surface area contributed by atoms with Gasteiger partial charge in [-0.1, -0.05) is 12.1 Å². The second-order valence-electron chi connectivity index (χ2n) is 7.23. The Labute approximate surface area is 173 Å². The molecule has 2 aromatic rings. The highest BCUT2D eigenvalue weighted by Crippen LogP contribution is 2.24. The molecule has 9 heteroatoms. The van der Waals surface area contributed by atoms with Gasteiger partial charge in [0.25, 0.3) is 11.8 Å². The minimum atomic E-state index is -0.505. The Balaban J connectivity index is 1.34. The summed E-state index contributed by atoms with van der Waals surface area (Å²) < 4.78 is 5.02. The molecule has 0 bridgehead atoms. The number of carbonyl (C=O) groups is 4. The van der Waals surface area contributed by atoms with E-state index >= 15 is 0 Å². The molecular weight excluding hydrogens is 388 g/mol. The number of rotatable bonds is 6. The van der Waals surface area contributed by atoms with E-state index < -0.39 is 5.97 Å². The second-order valence-corrected chi connectivity index (χ2v) is 7.23. The molecule has 0 unspecified atom stereocenters. The lowest BCUT2D eigenvalue weighted by Gasteiger charge is -2.27. The van der Waals surface area contributed by atoms with Gasteiger partial charge in [-0.2, -0.15) is 5.10 Å². The second kappa shape index (κ2) is 8.10. The van der Waals surface area contributed by atoms with Gasteiger partial charge < -0.3 is 9.64 Å². The number of benzene rings is 1. The molecule has 4 rings (SSSR count). The van der Waals surface area contributed by atoms with E-state index in [9.17, 15) is 19.2 Å². The molecule has 0 aliphatic carbocycles. The van der Waals surface area contributed by atoms with Crippen molar-refractivity contribution in [1.82, 2.24) is 20.0 Å². The zero-order chi connectivity index (χ0) is 21.3. The Morgan fingerprint density at radius 3 is 2.53 bits per heavy atom. The molecule has 0 spiro atoms. The molecule has 156 valence electrons. The first kappa shape index (κ1) is 19.8. The smallest absolute Gasteiger partial charge is 0.359 e. The van der Waals surface area contributed by atoms with Crippen LogP contribution in [-0.4, -0.2) is 63.4 Å². The Hall–Kier alpha value is -3.49. The molecule has 2 aliphatic heterocycles. The quantitative estimate of drug-likeness (QED) is 0.571. The van der Waals surface area contributed by atoms with Gasteiger partial charge in [-0.05, 0) is 25.5 Å². The SMILES string of the molecule is CCOC(=O)c1n[nH]c2c1CN(C(=O)CCCN1C(=O)c3ccccc3C1=O)CC2. The van der Waals surface area contributed by atoms with Gasteiger partial charge in [0.1, 0.15) is 0 Å². The summed E-state index contributed by atoms with van der Waals surface area (Å²) in [7, 11) is 0. The summed E-state index contributed by atoms with van der Waals surface area (Å²) >= 11 is 0. The number of amides is 3. The van der Waals surface area contributed by atoms with E-state index in [-0.39, 0.29) is 49.5 Å². The summed E-state index contributed by atoms with van der Waals surface area (Å²) in [6.45, 7) is 2.97. The predicted molar refractivity (Wildman–Crippen MR) is 105 cm³/mol. The van der Waals surface area contributed by atoms with E-state index in [1.807, 2.05) is 0 Å². The molecule has 1 N–H and O–H groups in total. The monoisotopic (exact) mass is 410 g/mol. The van der Waals surface area contributed by atoms with Crippen molar-refractivity contribution in [2.75, 3.05) is 19.7 Å². The molecule has 0 saturated carbocycles. The normalized spacial score (nSPS) is 15.2. The van der Waals surface area contributed by atoms with Crippen LogP contribution in [0.1, 0.15) is 62.2 Å². The first-order valence-electron chi connectivity index (χ1n) is 9.97. The summed E-state index contributed by atoms with van der Waals surface area (Å²) in [6.07, 6.45) is 1.16. The van der Waals surface area contributed by atoms with Gasteiger partial charge in [-0.25, -0.2) is 4.79 Å². The summed E-state index contributed by atoms with van der Waals surface area (Å²) in [5.41, 5.74) is 2.56. The molecule has 0 saturated heterocycles. The van der Waals surface area contributed by atoms with Gasteiger partial charge in [-0.3, -0.25) is 24.4 Å². The molecule has 1 aromatic heterocycles. The van der Waals surface area contributed by atoms with E-state index in [2.05, 4.69) is 10.2 Å². The summed E-state index contributed by atoms with van der Waals surface area (Å²) in [5.74, 6) is -1.23. The Kier molecular flexibility index (Phi) is 5.35. The zero-order valence-corrected chi connectivity index (χ0v) is 16.6. The number of ether oxygens (including phenoxy) is 1. The van der Waals surface area contributed by atoms with Crippen LogP contribution in [-0.2, 0) is 22.5 Å². The maximum Gasteiger partial charge on any atom is 0.359 e. The number of nitrogens with zero attached hydrogens (tertiary/aromatic N) is 3. The van der Waals surface area contributed by atoms with Crippen molar-refractivity contribution in [3.8, 4) is 0 Å². The number of esters is 1. The lowest BCUT2D eigenvalue weighted by atomic mass is 10.0. The van der Waals surface area contributed by atoms with Gasteiger partial charge in [-0.15, -0.1) is 0 Å². The Morgan fingerprint density at radius 2 is 1.87 bits per heavy atom. The summed E-state index contributed by atoms with van der Waals surface area (Å²) in [5, 5.41) is 6.90. The minimum Gasteiger partial charge on any atom is -0.461 e. The number of H-pyrrole nitrogens is 1. The van der Waals surface area contributed by atoms with Crippen LogP contribution in [0.3, 0.4) is 0 Å². The van der Waals surface area contributed by atoms with Gasteiger partial charge in [0.05, 0.1) is 17.7 Å². The van der Waals surface area contributed by atoms with Gasteiger partial charge in [0.2, 0.25) is 5.91 Å². The van der Waals surface area contributed by atoms with Crippen molar-refractivity contribution in [2.24, 2.45) is 0 Å². The third-order valence-corrected chi connectivity index (χ3v) is 5.41. The molecule has 1 aromatic carbocycles. The fraction of sp³-hybridized carbons (Fsp3) is 0.381. The Morgan fingerprint density at radius 1 is 1.17 bits per heavy atom. The average Bonchev–Trinajstić information content (AvgIpc) is 3.28. The van der Waals surface area contributed by atoms with Crippen LogP contribution in [0.15, 0.2) is 24.3 Å². The molecule has 30 heavy (non-hydrogen) atoms. The number of aromatic amines is 1. The number of hydrogen-bond acceptors (Lipinski definition) is 6. The first-order valence-corrected chi connectivity index (χ1v) is 9.97. The Bertz CT molecular complexity index is 993. The topological polar surface area (TPSA) is 113 Å². The van der Waals surface area contributed by atoms with E-state index in [0.717, 1.165) is 5.69 Å². The first-order chi connectivity index (χ1) is 14.5. The average molecular weight is 410 g/mol. The van der Waals surface area contributed by atoms with E-state index in [1.54, 1.807) is 36.1 Å². The number of aromatic nitrogens is 2. The molecule has 9 nitrogen and oxygen atoms in total. The lowest BCUT2D eigenvalue weighted by molar-refractivity contribution is -0.132. The molecule has 0 atom stereocenters. The fourth-order valence-electron chi connectivity index (χ4n) is 3.86. The van der Waals surface area contributed by atoms with Crippen LogP contribution in [0.5, 0.6) is 0 Å². The standard InChI is InChI=1S/C21H22N4O5/c1-2-30-21(29)18-15-12-24(11-9-16(15)22-23-18)17(26)8-5-10-25-19(27)13-6-3-4-7-14(13)20(25)28/h3-4,6-7H,2,5,8-12H2,1H3,(H,22,23). The van der Waals surface area contributed by atoms with Crippen molar-refractivity contribution in [3.05, 3.63) is 52.3 Å². The molecule has 3 amide bonds. The van der Waals surface area contributed by atoms with Crippen molar-refractivity contribution in [2.45, 2.75) is 32.7 Å². The highest BCUT2D eigenvalue weighted by Gasteiger charge is 2.35. The van der Waals surface area contributed by atoms with Crippen molar-refractivity contribution < 1.29 is 23.9 Å². The molecule has 2 aliphatic rings. The van der Waals surface area contributed by atoms with E-state index in [0.29, 0.717) is 36.1 Å². The predicted octanol–water partition coefficient (Wildman–Crippen LogP) is 1.55. The molecular formula is C21H22N4O5. The van der Waals surface area contributed by atoms with Crippen LogP contribution in [0.4, 0.5) is 0 Å². The van der Waals surface area contributed by atoms with Crippen LogP contribution < -0.4 is 0 Å². The summed E-state index contributed by atoms with van der Waals surface area (Å²) in [4.78, 5) is 52.4. The number of imide groups is 1. The number of nitrogens with one attached hydrogen (secondary N) is 1. The van der Waals surface area contributed by atoms with E-state index in [1.165, 1.54) is 4.90 Å². The van der Waals surface area contributed by atoms with Crippen molar-refractivity contribution in [3.63, 3.8) is 0 Å². The number of fused-ring (bicyclic) bond motifs is 2. The molecule has 3 heterocycles. The summed E-state index contributed by atoms with van der Waals surface area (Å²) in [6, 6.07) is 6.72. The minimum absolute atomic E-state index is 0.0896. The third kappa shape index (κ3) is 3.47. The highest BCUT2D eigenvalue weighted by molar-refractivity contribution is 6.21. The fourth-order valence-corrected chi connectivity index (χ4v) is 3.86. The number of hydrogen-bond donors (Lipinski definition) is 1. The molecule has 0 radical (unpaired) electrons. The third-order valence-electron chi connectivity index (χ3n) is 5.41. The van der Waals surface area contributed by atoms with Gasteiger partial charge in [0.15, 0.2) is 5.69 Å². The van der Waals surface area contributed by atoms with Gasteiger partial charge >= 0.3 is 5.97 Å². The van der Waals surface area contributed by atoms with Gasteiger partial charge in [0, 0.05) is 43.7 Å². The van der Waals surface area contributed by atoms with Crippen LogP contribution >= 0.6 is 0 Å². The largest absolute Gasteiger partial charge is 0.461 e. The highest BCUT2D eigenvalue weighted by atomic mass is 16.5. The van der Waals surface area contributed by atoms with Crippen molar-refractivity contribution >= 4 is 23.7 Å². The maximum atomic E-state index is 12.7. The zero-order valence-electron chi connectivity index (χ0n) is 16.6. The van der Waals surface area contributed by atoms with E-state index in [4.69, 9.17) is 4.74 Å². The van der Waals surface area contributed by atoms with Crippen molar-refractivity contribution in [1.29, 1.82) is 0 Å². The van der Waals surface area contributed by atoms with Crippen LogP contribution in [0.25, 0.3) is 0 Å². The number of carbonyl (C=O) groups excluding carboxylic acids is 4. The molecule has 0 fully saturated rings. The lowest BCUT2D eigenvalue weighted by Crippen LogP contribution is -2.37. The van der Waals surface area contributed by atoms with Crippen LogP contribution in [0.2, 0.25) is 0 Å². The maximum absolute atomic E-state index is 12.7. The van der Waals surface area contributed by atoms with Crippen LogP contribution in [0, 0.1) is 0 Å².